The van der Waals surface area contributed by atoms with Crippen molar-refractivity contribution in [3.8, 4) is 0 Å². The first-order chi connectivity index (χ1) is 11.2. The molecule has 2 N–H and O–H groups in total. The maximum absolute atomic E-state index is 12.4. The number of benzene rings is 2. The average molecular weight is 386 g/mol. The molecule has 2 aromatic carbocycles. The molecule has 3 nitrogen and oxygen atoms in total. The average Bonchev–Trinajstić information content (AvgIpc) is 2.48. The van der Waals surface area contributed by atoms with E-state index in [0.29, 0.717) is 5.56 Å². The van der Waals surface area contributed by atoms with Crippen molar-refractivity contribution in [2.45, 2.75) is 30.7 Å². The summed E-state index contributed by atoms with van der Waals surface area (Å²) in [4.78, 5) is 12.4. The number of hydrogen-bond acceptors (Lipinski definition) is 2. The summed E-state index contributed by atoms with van der Waals surface area (Å²) in [5, 5.41) is 5.84. The second-order valence-electron chi connectivity index (χ2n) is 5.78. The van der Waals surface area contributed by atoms with Gasteiger partial charge < -0.3 is 10.6 Å². The Morgan fingerprint density at radius 3 is 2.08 bits per heavy atom. The molecule has 6 heteroatoms. The van der Waals surface area contributed by atoms with Crippen LogP contribution in [-0.2, 0) is 0 Å². The Labute approximate surface area is 157 Å². The lowest BCUT2D eigenvalue weighted by Crippen LogP contribution is -2.49. The smallest absolute Gasteiger partial charge is 0.252 e. The number of anilines is 1. The zero-order valence-electron chi connectivity index (χ0n) is 13.7. The lowest BCUT2D eigenvalue weighted by atomic mass is 10.1. The van der Waals surface area contributed by atoms with Crippen LogP contribution in [0.1, 0.15) is 27.0 Å². The summed E-state index contributed by atoms with van der Waals surface area (Å²) >= 11 is 18.1. The molecule has 0 saturated carbocycles. The molecule has 24 heavy (non-hydrogen) atoms. The fourth-order valence-corrected chi connectivity index (χ4v) is 2.58. The van der Waals surface area contributed by atoms with Crippen molar-refractivity contribution < 1.29 is 4.79 Å². The number of alkyl halides is 3. The predicted octanol–water partition coefficient (Wildman–Crippen LogP) is 5.15. The van der Waals surface area contributed by atoms with Crippen LogP contribution in [-0.4, -0.2) is 15.9 Å². The Morgan fingerprint density at radius 2 is 1.54 bits per heavy atom. The van der Waals surface area contributed by atoms with E-state index in [4.69, 9.17) is 34.8 Å². The second-order valence-corrected chi connectivity index (χ2v) is 8.15. The van der Waals surface area contributed by atoms with E-state index in [9.17, 15) is 4.79 Å². The molecule has 1 atom stereocenters. The summed E-state index contributed by atoms with van der Waals surface area (Å²) < 4.78 is -1.71. The second kappa shape index (κ2) is 7.64. The number of hydrogen-bond donors (Lipinski definition) is 2. The van der Waals surface area contributed by atoms with Gasteiger partial charge in [-0.05, 0) is 44.5 Å². The number of carbonyl (C=O) groups is 1. The molecule has 0 unspecified atom stereocenters. The lowest BCUT2D eigenvalue weighted by molar-refractivity contribution is 0.0942. The van der Waals surface area contributed by atoms with E-state index in [1.165, 1.54) is 0 Å². The van der Waals surface area contributed by atoms with Gasteiger partial charge in [-0.25, -0.2) is 0 Å². The summed E-state index contributed by atoms with van der Waals surface area (Å²) in [5.41, 5.74) is 4.49. The van der Waals surface area contributed by atoms with E-state index in [-0.39, 0.29) is 5.91 Å². The van der Waals surface area contributed by atoms with E-state index in [0.717, 1.165) is 22.4 Å². The molecule has 0 radical (unpaired) electrons. The summed E-state index contributed by atoms with van der Waals surface area (Å²) in [7, 11) is 0. The van der Waals surface area contributed by atoms with Crippen molar-refractivity contribution in [1.82, 2.24) is 5.32 Å². The molecule has 0 spiro atoms. The summed E-state index contributed by atoms with van der Waals surface area (Å²) in [6, 6.07) is 13.0. The minimum Gasteiger partial charge on any atom is -0.362 e. The van der Waals surface area contributed by atoms with Crippen molar-refractivity contribution in [3.05, 3.63) is 64.7 Å². The molecule has 1 amide bonds. The summed E-state index contributed by atoms with van der Waals surface area (Å²) in [5.74, 6) is -0.316. The van der Waals surface area contributed by atoms with E-state index in [2.05, 4.69) is 10.6 Å². The number of carbonyl (C=O) groups excluding carboxylic acids is 1. The monoisotopic (exact) mass is 384 g/mol. The molecule has 0 aliphatic carbocycles. The topological polar surface area (TPSA) is 41.1 Å². The minimum absolute atomic E-state index is 0.316. The van der Waals surface area contributed by atoms with Crippen LogP contribution in [0.15, 0.2) is 42.5 Å². The third kappa shape index (κ3) is 5.04. The Balaban J connectivity index is 2.19. The Hall–Kier alpha value is -1.42. The Bertz CT molecular complexity index is 724. The van der Waals surface area contributed by atoms with Gasteiger partial charge in [0.15, 0.2) is 0 Å². The van der Waals surface area contributed by atoms with Gasteiger partial charge in [-0.15, -0.1) is 0 Å². The summed E-state index contributed by atoms with van der Waals surface area (Å²) in [6.45, 7) is 5.91. The highest BCUT2D eigenvalue weighted by molar-refractivity contribution is 6.68. The van der Waals surface area contributed by atoms with Crippen LogP contribution >= 0.6 is 34.8 Å². The van der Waals surface area contributed by atoms with Crippen LogP contribution in [0.5, 0.6) is 0 Å². The maximum atomic E-state index is 12.4. The Kier molecular flexibility index (Phi) is 6.02. The zero-order chi connectivity index (χ0) is 17.9. The zero-order valence-corrected chi connectivity index (χ0v) is 15.9. The van der Waals surface area contributed by atoms with Crippen LogP contribution in [0.2, 0.25) is 0 Å². The van der Waals surface area contributed by atoms with Crippen molar-refractivity contribution in [2.24, 2.45) is 0 Å². The van der Waals surface area contributed by atoms with Gasteiger partial charge in [-0.3, -0.25) is 4.79 Å². The largest absolute Gasteiger partial charge is 0.362 e. The van der Waals surface area contributed by atoms with E-state index in [1.807, 2.05) is 51.1 Å². The maximum Gasteiger partial charge on any atom is 0.252 e. The molecule has 128 valence electrons. The van der Waals surface area contributed by atoms with Gasteiger partial charge in [0.25, 0.3) is 5.91 Å². The highest BCUT2D eigenvalue weighted by atomic mass is 35.6. The van der Waals surface area contributed by atoms with Crippen LogP contribution in [0.3, 0.4) is 0 Å². The van der Waals surface area contributed by atoms with Crippen LogP contribution in [0.4, 0.5) is 5.69 Å². The normalized spacial score (nSPS) is 12.6. The molecule has 0 aliphatic rings. The molecular weight excluding hydrogens is 367 g/mol. The SMILES string of the molecule is Cc1ccc(C(=O)N[C@H](Nc2ccc(C)cc2C)C(Cl)(Cl)Cl)cc1. The molecule has 2 rings (SSSR count). The fourth-order valence-electron chi connectivity index (χ4n) is 2.25. The number of amides is 1. The molecule has 0 aliphatic heterocycles. The molecule has 0 aromatic heterocycles. The van der Waals surface area contributed by atoms with E-state index in [1.54, 1.807) is 12.1 Å². The first kappa shape index (κ1) is 18.9. The standard InChI is InChI=1S/C18H19Cl3N2O/c1-11-4-7-14(8-5-11)16(24)23-17(18(19,20)21)22-15-9-6-12(2)10-13(15)3/h4-10,17,22H,1-3H3,(H,23,24)/t17-/m0/s1. The number of nitrogens with one attached hydrogen (secondary N) is 2. The molecular formula is C18H19Cl3N2O. The molecule has 0 bridgehead atoms. The third-order valence-corrected chi connectivity index (χ3v) is 4.25. The van der Waals surface area contributed by atoms with Crippen molar-refractivity contribution in [3.63, 3.8) is 0 Å². The first-order valence-electron chi connectivity index (χ1n) is 7.45. The molecule has 0 fully saturated rings. The molecule has 0 heterocycles. The van der Waals surface area contributed by atoms with Gasteiger partial charge in [0.2, 0.25) is 3.79 Å². The van der Waals surface area contributed by atoms with Crippen molar-refractivity contribution in [1.29, 1.82) is 0 Å². The Morgan fingerprint density at radius 1 is 0.958 bits per heavy atom. The van der Waals surface area contributed by atoms with Crippen LogP contribution < -0.4 is 10.6 Å². The van der Waals surface area contributed by atoms with Crippen molar-refractivity contribution in [2.75, 3.05) is 5.32 Å². The van der Waals surface area contributed by atoms with Gasteiger partial charge in [0, 0.05) is 11.3 Å². The molecule has 0 saturated heterocycles. The van der Waals surface area contributed by atoms with Gasteiger partial charge in [0.1, 0.15) is 6.17 Å². The highest BCUT2D eigenvalue weighted by Gasteiger charge is 2.34. The van der Waals surface area contributed by atoms with Crippen LogP contribution in [0, 0.1) is 20.8 Å². The predicted molar refractivity (Wildman–Crippen MR) is 102 cm³/mol. The van der Waals surface area contributed by atoms with E-state index < -0.39 is 9.96 Å². The minimum atomic E-state index is -1.71. The van der Waals surface area contributed by atoms with Gasteiger partial charge in [-0.1, -0.05) is 70.2 Å². The fraction of sp³-hybridized carbons (Fsp3) is 0.278. The number of rotatable bonds is 4. The third-order valence-electron chi connectivity index (χ3n) is 3.60. The quantitative estimate of drug-likeness (QED) is 0.564. The van der Waals surface area contributed by atoms with Gasteiger partial charge >= 0.3 is 0 Å². The highest BCUT2D eigenvalue weighted by Crippen LogP contribution is 2.32. The van der Waals surface area contributed by atoms with Gasteiger partial charge in [-0.2, -0.15) is 0 Å². The first-order valence-corrected chi connectivity index (χ1v) is 8.58. The van der Waals surface area contributed by atoms with Gasteiger partial charge in [0.05, 0.1) is 0 Å². The lowest BCUT2D eigenvalue weighted by Gasteiger charge is -2.28. The number of aryl methyl sites for hydroxylation is 3. The van der Waals surface area contributed by atoms with Crippen LogP contribution in [0.25, 0.3) is 0 Å². The summed E-state index contributed by atoms with van der Waals surface area (Å²) in [6.07, 6.45) is -0.877. The van der Waals surface area contributed by atoms with Crippen molar-refractivity contribution >= 4 is 46.4 Å². The molecule has 2 aromatic rings. The number of halogens is 3. The van der Waals surface area contributed by atoms with E-state index >= 15 is 0 Å².